The molecule has 0 spiro atoms. The average molecular weight is 89.1 g/mol. The molecule has 0 aliphatic carbocycles. The summed E-state index contributed by atoms with van der Waals surface area (Å²) in [6.45, 7) is 0. The molecule has 0 amide bonds. The van der Waals surface area contributed by atoms with Gasteiger partial charge in [-0.25, -0.2) is 5.43 Å². The number of rotatable bonds is 1. The van der Waals surface area contributed by atoms with Crippen molar-refractivity contribution >= 4 is 0 Å². The van der Waals surface area contributed by atoms with Gasteiger partial charge in [0.1, 0.15) is 6.23 Å². The van der Waals surface area contributed by atoms with E-state index in [1.165, 1.54) is 0 Å². The SMILES string of the molecule is NNC1OC1N. The van der Waals surface area contributed by atoms with Gasteiger partial charge in [0.25, 0.3) is 0 Å². The molecule has 5 N–H and O–H groups in total. The van der Waals surface area contributed by atoms with Gasteiger partial charge in [-0.3, -0.25) is 5.84 Å². The summed E-state index contributed by atoms with van der Waals surface area (Å²) in [6, 6.07) is 0. The Hall–Kier alpha value is -0.160. The van der Waals surface area contributed by atoms with Crippen LogP contribution < -0.4 is 17.0 Å². The van der Waals surface area contributed by atoms with Gasteiger partial charge in [0, 0.05) is 0 Å². The largest absolute Gasteiger partial charge is 0.336 e. The minimum absolute atomic E-state index is 0.0926. The van der Waals surface area contributed by atoms with Gasteiger partial charge in [0.2, 0.25) is 0 Å². The summed E-state index contributed by atoms with van der Waals surface area (Å²) in [7, 11) is 0. The molecule has 36 valence electrons. The molecule has 1 heterocycles. The minimum Gasteiger partial charge on any atom is -0.336 e. The van der Waals surface area contributed by atoms with Gasteiger partial charge in [-0.05, 0) is 0 Å². The van der Waals surface area contributed by atoms with E-state index >= 15 is 0 Å². The van der Waals surface area contributed by atoms with Gasteiger partial charge < -0.3 is 10.5 Å². The lowest BCUT2D eigenvalue weighted by atomic mass is 10.7. The maximum Gasteiger partial charge on any atom is 0.162 e. The summed E-state index contributed by atoms with van der Waals surface area (Å²) in [5, 5.41) is 0. The number of nitrogens with one attached hydrogen (secondary N) is 1. The summed E-state index contributed by atoms with van der Waals surface area (Å²) in [6.07, 6.45) is -0.264. The quantitative estimate of drug-likeness (QED) is 0.199. The second-order valence-corrected chi connectivity index (χ2v) is 1.19. The Morgan fingerprint density at radius 3 is 2.17 bits per heavy atom. The van der Waals surface area contributed by atoms with Crippen LogP contribution in [0.1, 0.15) is 0 Å². The Kier molecular flexibility index (Phi) is 0.776. The first-order chi connectivity index (χ1) is 2.84. The number of hydrogen-bond donors (Lipinski definition) is 3. The van der Waals surface area contributed by atoms with E-state index in [9.17, 15) is 0 Å². The van der Waals surface area contributed by atoms with Crippen LogP contribution in [0.15, 0.2) is 0 Å². The van der Waals surface area contributed by atoms with Crippen LogP contribution in [0.3, 0.4) is 0 Å². The average Bonchev–Trinajstić information content (AvgIpc) is 2.19. The number of hydrazine groups is 1. The molecule has 2 atom stereocenters. The lowest BCUT2D eigenvalue weighted by molar-refractivity contribution is 0.349. The summed E-state index contributed by atoms with van der Waals surface area (Å²) < 4.78 is 4.61. The predicted molar refractivity (Wildman–Crippen MR) is 20.2 cm³/mol. The van der Waals surface area contributed by atoms with Crippen molar-refractivity contribution in [1.29, 1.82) is 0 Å². The third kappa shape index (κ3) is 0.504. The standard InChI is InChI=1S/C2H7N3O/c3-1-2(5-4)6-1/h1-2,5H,3-4H2. The van der Waals surface area contributed by atoms with Crippen molar-refractivity contribution in [3.8, 4) is 0 Å². The van der Waals surface area contributed by atoms with E-state index in [1.54, 1.807) is 0 Å². The van der Waals surface area contributed by atoms with Crippen molar-refractivity contribution in [2.45, 2.75) is 12.5 Å². The summed E-state index contributed by atoms with van der Waals surface area (Å²) in [5.74, 6) is 4.87. The van der Waals surface area contributed by atoms with Crippen molar-refractivity contribution in [2.75, 3.05) is 0 Å². The van der Waals surface area contributed by atoms with Crippen molar-refractivity contribution in [2.24, 2.45) is 11.6 Å². The van der Waals surface area contributed by atoms with E-state index in [0.29, 0.717) is 0 Å². The first-order valence-corrected chi connectivity index (χ1v) is 1.72. The van der Waals surface area contributed by atoms with E-state index in [-0.39, 0.29) is 12.5 Å². The van der Waals surface area contributed by atoms with E-state index in [1.807, 2.05) is 0 Å². The summed E-state index contributed by atoms with van der Waals surface area (Å²) >= 11 is 0. The fourth-order valence-corrected chi connectivity index (χ4v) is 0.258. The topological polar surface area (TPSA) is 76.6 Å². The van der Waals surface area contributed by atoms with Gasteiger partial charge in [0.05, 0.1) is 0 Å². The number of nitrogens with two attached hydrogens (primary N) is 2. The molecular formula is C2H7N3O. The fraction of sp³-hybridized carbons (Fsp3) is 1.00. The van der Waals surface area contributed by atoms with Crippen molar-refractivity contribution in [3.05, 3.63) is 0 Å². The third-order valence-corrected chi connectivity index (χ3v) is 0.690. The Morgan fingerprint density at radius 1 is 1.67 bits per heavy atom. The van der Waals surface area contributed by atoms with Crippen LogP contribution in [0.4, 0.5) is 0 Å². The smallest absolute Gasteiger partial charge is 0.162 e. The van der Waals surface area contributed by atoms with E-state index in [2.05, 4.69) is 10.2 Å². The van der Waals surface area contributed by atoms with Crippen LogP contribution >= 0.6 is 0 Å². The highest BCUT2D eigenvalue weighted by molar-refractivity contribution is 4.72. The zero-order valence-electron chi connectivity index (χ0n) is 3.22. The Bertz CT molecular complexity index is 54.8. The summed E-state index contributed by atoms with van der Waals surface area (Å²) in [5.41, 5.74) is 7.45. The summed E-state index contributed by atoms with van der Waals surface area (Å²) in [4.78, 5) is 0. The molecule has 4 nitrogen and oxygen atoms in total. The number of ether oxygens (including phenoxy) is 1. The van der Waals surface area contributed by atoms with Gasteiger partial charge >= 0.3 is 0 Å². The second kappa shape index (κ2) is 1.16. The predicted octanol–water partition coefficient (Wildman–Crippen LogP) is -1.91. The zero-order chi connectivity index (χ0) is 4.57. The van der Waals surface area contributed by atoms with E-state index < -0.39 is 0 Å². The molecule has 0 saturated carbocycles. The minimum atomic E-state index is -0.171. The highest BCUT2D eigenvalue weighted by Crippen LogP contribution is 2.09. The van der Waals surface area contributed by atoms with Crippen LogP contribution in [0.25, 0.3) is 0 Å². The molecule has 0 bridgehead atoms. The Labute approximate surface area is 35.4 Å². The highest BCUT2D eigenvalue weighted by Gasteiger charge is 2.33. The molecule has 1 rings (SSSR count). The van der Waals surface area contributed by atoms with Gasteiger partial charge in [-0.2, -0.15) is 0 Å². The number of hydrogen-bond acceptors (Lipinski definition) is 4. The Balaban J connectivity index is 2.09. The van der Waals surface area contributed by atoms with Crippen LogP contribution in [-0.4, -0.2) is 12.5 Å². The highest BCUT2D eigenvalue weighted by atomic mass is 16.6. The number of epoxide rings is 1. The van der Waals surface area contributed by atoms with Crippen LogP contribution in [0, 0.1) is 0 Å². The molecular weight excluding hydrogens is 82.0 g/mol. The van der Waals surface area contributed by atoms with Crippen LogP contribution in [0.2, 0.25) is 0 Å². The molecule has 0 aromatic rings. The Morgan fingerprint density at radius 2 is 2.17 bits per heavy atom. The molecule has 6 heavy (non-hydrogen) atoms. The lowest BCUT2D eigenvalue weighted by Gasteiger charge is -1.79. The maximum atomic E-state index is 5.11. The van der Waals surface area contributed by atoms with Gasteiger partial charge in [-0.15, -0.1) is 0 Å². The van der Waals surface area contributed by atoms with E-state index in [4.69, 9.17) is 11.6 Å². The molecule has 1 fully saturated rings. The van der Waals surface area contributed by atoms with Crippen molar-refractivity contribution < 1.29 is 4.74 Å². The van der Waals surface area contributed by atoms with Crippen LogP contribution in [0.5, 0.6) is 0 Å². The third-order valence-electron chi connectivity index (χ3n) is 0.690. The van der Waals surface area contributed by atoms with Gasteiger partial charge in [0.15, 0.2) is 6.23 Å². The zero-order valence-corrected chi connectivity index (χ0v) is 3.22. The molecule has 0 radical (unpaired) electrons. The van der Waals surface area contributed by atoms with Crippen molar-refractivity contribution in [1.82, 2.24) is 5.43 Å². The molecule has 1 saturated heterocycles. The molecule has 0 aromatic heterocycles. The monoisotopic (exact) mass is 89.1 g/mol. The first kappa shape index (κ1) is 4.01. The fourth-order valence-electron chi connectivity index (χ4n) is 0.258. The van der Waals surface area contributed by atoms with E-state index in [0.717, 1.165) is 0 Å². The first-order valence-electron chi connectivity index (χ1n) is 1.72. The second-order valence-electron chi connectivity index (χ2n) is 1.19. The maximum absolute atomic E-state index is 5.11. The van der Waals surface area contributed by atoms with Gasteiger partial charge in [-0.1, -0.05) is 0 Å². The normalized spacial score (nSPS) is 43.0. The molecule has 1 aliphatic rings. The molecule has 2 unspecified atom stereocenters. The van der Waals surface area contributed by atoms with Crippen LogP contribution in [-0.2, 0) is 4.74 Å². The van der Waals surface area contributed by atoms with Crippen molar-refractivity contribution in [3.63, 3.8) is 0 Å². The molecule has 0 aromatic carbocycles. The molecule has 1 aliphatic heterocycles. The molecule has 4 heteroatoms. The lowest BCUT2D eigenvalue weighted by Crippen LogP contribution is -2.29.